The van der Waals surface area contributed by atoms with Crippen LogP contribution in [0.4, 0.5) is 0 Å². The van der Waals surface area contributed by atoms with Gasteiger partial charge in [-0.2, -0.15) is 0 Å². The summed E-state index contributed by atoms with van der Waals surface area (Å²) in [7, 11) is 0. The zero-order valence-corrected chi connectivity index (χ0v) is 17.6. The molecule has 2 atom stereocenters. The number of benzene rings is 2. The molecule has 2 N–H and O–H groups in total. The van der Waals surface area contributed by atoms with E-state index in [-0.39, 0.29) is 23.3 Å². The van der Waals surface area contributed by atoms with E-state index in [4.69, 9.17) is 13.9 Å². The van der Waals surface area contributed by atoms with Crippen LogP contribution < -0.4 is 24.9 Å². The highest BCUT2D eigenvalue weighted by Crippen LogP contribution is 2.36. The lowest BCUT2D eigenvalue weighted by molar-refractivity contribution is -0.917. The fourth-order valence-corrected chi connectivity index (χ4v) is 4.75. The summed E-state index contributed by atoms with van der Waals surface area (Å²) in [5.41, 5.74) is 1.39. The van der Waals surface area contributed by atoms with Crippen molar-refractivity contribution in [1.82, 2.24) is 0 Å². The number of ether oxygens (including phenoxy) is 2. The minimum atomic E-state index is -0.872. The lowest BCUT2D eigenvalue weighted by Crippen LogP contribution is -3.13. The molecule has 3 heterocycles. The third-order valence-corrected chi connectivity index (χ3v) is 6.31. The molecule has 1 fully saturated rings. The Morgan fingerprint density at radius 2 is 1.97 bits per heavy atom. The van der Waals surface area contributed by atoms with Gasteiger partial charge in [0.15, 0.2) is 17.5 Å². The van der Waals surface area contributed by atoms with Gasteiger partial charge in [-0.25, -0.2) is 4.79 Å². The molecular weight excluding hydrogens is 414 g/mol. The molecule has 32 heavy (non-hydrogen) atoms. The highest BCUT2D eigenvalue weighted by atomic mass is 16.6. The molecule has 0 aliphatic carbocycles. The molecule has 8 heteroatoms. The maximum atomic E-state index is 13.5. The van der Waals surface area contributed by atoms with Gasteiger partial charge in [-0.15, -0.1) is 0 Å². The van der Waals surface area contributed by atoms with Gasteiger partial charge in [0.1, 0.15) is 31.1 Å². The van der Waals surface area contributed by atoms with Crippen LogP contribution in [0.5, 0.6) is 17.2 Å². The van der Waals surface area contributed by atoms with Crippen LogP contribution in [0.2, 0.25) is 0 Å². The predicted molar refractivity (Wildman–Crippen MR) is 113 cm³/mol. The summed E-state index contributed by atoms with van der Waals surface area (Å²) in [5, 5.41) is 22.5. The number of aliphatic carboxylic acids is 1. The zero-order chi connectivity index (χ0) is 22.4. The Balaban J connectivity index is 1.61. The van der Waals surface area contributed by atoms with Gasteiger partial charge in [0, 0.05) is 18.4 Å². The summed E-state index contributed by atoms with van der Waals surface area (Å²) >= 11 is 0. The van der Waals surface area contributed by atoms with Crippen LogP contribution in [0.25, 0.3) is 22.1 Å². The third kappa shape index (κ3) is 3.36. The highest BCUT2D eigenvalue weighted by molar-refractivity contribution is 5.86. The van der Waals surface area contributed by atoms with Gasteiger partial charge < -0.3 is 29.0 Å². The average molecular weight is 437 g/mol. The van der Waals surface area contributed by atoms with Gasteiger partial charge >= 0.3 is 5.97 Å². The van der Waals surface area contributed by atoms with Gasteiger partial charge in [0.2, 0.25) is 5.43 Å². The van der Waals surface area contributed by atoms with E-state index in [1.54, 1.807) is 25.1 Å². The van der Waals surface area contributed by atoms with Gasteiger partial charge in [0.25, 0.3) is 0 Å². The Morgan fingerprint density at radius 1 is 1.19 bits per heavy atom. The summed E-state index contributed by atoms with van der Waals surface area (Å²) in [6.07, 6.45) is 1.35. The fourth-order valence-electron chi connectivity index (χ4n) is 4.75. The first-order valence-corrected chi connectivity index (χ1v) is 10.7. The predicted octanol–water partition coefficient (Wildman–Crippen LogP) is 1.25. The normalized spacial score (nSPS) is 19.9. The largest absolute Gasteiger partial charge is 0.872 e. The Labute approximate surface area is 183 Å². The lowest BCUT2D eigenvalue weighted by atomic mass is 10.00. The first kappa shape index (κ1) is 20.4. The van der Waals surface area contributed by atoms with Crippen molar-refractivity contribution in [2.75, 3.05) is 19.8 Å². The van der Waals surface area contributed by atoms with Gasteiger partial charge in [-0.05, 0) is 30.7 Å². The van der Waals surface area contributed by atoms with E-state index in [0.29, 0.717) is 65.5 Å². The number of hydrogen-bond donors (Lipinski definition) is 2. The van der Waals surface area contributed by atoms with E-state index in [1.165, 1.54) is 12.1 Å². The summed E-state index contributed by atoms with van der Waals surface area (Å²) in [5.74, 6) is 0.458. The van der Waals surface area contributed by atoms with Crippen LogP contribution in [-0.2, 0) is 11.3 Å². The van der Waals surface area contributed by atoms with Crippen molar-refractivity contribution in [3.63, 3.8) is 0 Å². The SMILES string of the molecule is Cc1oc2c(C[NH+]3CCC[C@H]3C(=O)O)c([O-])ccc2c(=O)c1-c1ccc2c(c1)OCCO2. The van der Waals surface area contributed by atoms with Crippen molar-refractivity contribution in [1.29, 1.82) is 0 Å². The number of hydrogen-bond acceptors (Lipinski definition) is 6. The molecule has 2 aliphatic rings. The minimum Gasteiger partial charge on any atom is -0.872 e. The number of likely N-dealkylation sites (tertiary alicyclic amines) is 1. The van der Waals surface area contributed by atoms with E-state index in [0.717, 1.165) is 11.3 Å². The lowest BCUT2D eigenvalue weighted by Gasteiger charge is -2.22. The Kier molecular flexibility index (Phi) is 5.01. The van der Waals surface area contributed by atoms with Crippen LogP contribution in [0.3, 0.4) is 0 Å². The topological polar surface area (TPSA) is 113 Å². The van der Waals surface area contributed by atoms with Gasteiger partial charge in [-0.1, -0.05) is 17.9 Å². The zero-order valence-electron chi connectivity index (χ0n) is 17.6. The number of fused-ring (bicyclic) bond motifs is 2. The van der Waals surface area contributed by atoms with Crippen molar-refractivity contribution in [3.8, 4) is 28.4 Å². The van der Waals surface area contributed by atoms with Crippen molar-refractivity contribution >= 4 is 16.9 Å². The number of quaternary nitrogens is 1. The maximum absolute atomic E-state index is 13.5. The number of carbonyl (C=O) groups is 1. The minimum absolute atomic E-state index is 0.207. The Hall–Kier alpha value is -3.52. The molecule has 2 aromatic carbocycles. The van der Waals surface area contributed by atoms with Crippen LogP contribution in [0.1, 0.15) is 24.2 Å². The number of rotatable bonds is 4. The molecule has 3 aromatic rings. The summed E-state index contributed by atoms with van der Waals surface area (Å²) in [4.78, 5) is 25.8. The monoisotopic (exact) mass is 437 g/mol. The molecule has 0 spiro atoms. The van der Waals surface area contributed by atoms with E-state index in [1.807, 2.05) is 0 Å². The van der Waals surface area contributed by atoms with E-state index < -0.39 is 12.0 Å². The van der Waals surface area contributed by atoms with Crippen molar-refractivity contribution in [3.05, 3.63) is 51.9 Å². The van der Waals surface area contributed by atoms with E-state index in [2.05, 4.69) is 0 Å². The molecule has 166 valence electrons. The van der Waals surface area contributed by atoms with Crippen molar-refractivity contribution < 1.29 is 33.8 Å². The van der Waals surface area contributed by atoms with E-state index >= 15 is 0 Å². The average Bonchev–Trinajstić information content (AvgIpc) is 3.24. The van der Waals surface area contributed by atoms with Gasteiger partial charge in [0.05, 0.1) is 17.5 Å². The Bertz CT molecular complexity index is 1280. The van der Waals surface area contributed by atoms with Crippen molar-refractivity contribution in [2.24, 2.45) is 0 Å². The number of carboxylic acid groups (broad SMARTS) is 1. The number of carboxylic acids is 1. The molecular formula is C24H23NO7. The Morgan fingerprint density at radius 3 is 2.75 bits per heavy atom. The van der Waals surface area contributed by atoms with Gasteiger partial charge in [-0.3, -0.25) is 4.79 Å². The molecule has 0 saturated carbocycles. The fraction of sp³-hybridized carbons (Fsp3) is 0.333. The third-order valence-electron chi connectivity index (χ3n) is 6.31. The molecule has 1 saturated heterocycles. The van der Waals surface area contributed by atoms with Crippen LogP contribution in [0.15, 0.2) is 39.5 Å². The summed E-state index contributed by atoms with van der Waals surface area (Å²) in [6, 6.07) is 7.60. The molecule has 2 aliphatic heterocycles. The molecule has 0 amide bonds. The van der Waals surface area contributed by atoms with Crippen LogP contribution >= 0.6 is 0 Å². The second kappa shape index (κ2) is 7.87. The summed E-state index contributed by atoms with van der Waals surface area (Å²) in [6.45, 7) is 3.47. The molecule has 5 rings (SSSR count). The van der Waals surface area contributed by atoms with Crippen LogP contribution in [0, 0.1) is 6.92 Å². The first-order valence-electron chi connectivity index (χ1n) is 10.7. The molecule has 0 bridgehead atoms. The van der Waals surface area contributed by atoms with E-state index in [9.17, 15) is 19.8 Å². The second-order valence-corrected chi connectivity index (χ2v) is 8.26. The quantitative estimate of drug-likeness (QED) is 0.631. The standard InChI is InChI=1S/C24H23NO7/c1-13-21(14-4-7-19-20(11-14)31-10-9-30-19)22(27)15-5-6-18(26)16(23(15)32-13)12-25-8-2-3-17(25)24(28)29/h4-7,11,17,26H,2-3,8-10,12H2,1H3,(H,28,29)/t17-/m0/s1. The number of aryl methyl sites for hydroxylation is 1. The second-order valence-electron chi connectivity index (χ2n) is 8.26. The van der Waals surface area contributed by atoms with Crippen LogP contribution in [-0.4, -0.2) is 36.9 Å². The molecule has 0 radical (unpaired) electrons. The highest BCUT2D eigenvalue weighted by Gasteiger charge is 2.35. The maximum Gasteiger partial charge on any atom is 0.362 e. The summed E-state index contributed by atoms with van der Waals surface area (Å²) < 4.78 is 17.3. The molecule has 8 nitrogen and oxygen atoms in total. The molecule has 1 aromatic heterocycles. The smallest absolute Gasteiger partial charge is 0.362 e. The molecule has 1 unspecified atom stereocenters. The first-order chi connectivity index (χ1) is 15.4. The van der Waals surface area contributed by atoms with Crippen molar-refractivity contribution in [2.45, 2.75) is 32.4 Å². The number of nitrogens with one attached hydrogen (secondary N) is 1.